The van der Waals surface area contributed by atoms with Crippen LogP contribution in [0.5, 0.6) is 0 Å². The van der Waals surface area contributed by atoms with Gasteiger partial charge in [0.15, 0.2) is 0 Å². The molecule has 0 aliphatic carbocycles. The summed E-state index contributed by atoms with van der Waals surface area (Å²) < 4.78 is 15.0. The second-order valence-electron chi connectivity index (χ2n) is 6.89. The largest absolute Gasteiger partial charge is 0.462 e. The van der Waals surface area contributed by atoms with Crippen LogP contribution < -0.4 is 5.32 Å². The van der Waals surface area contributed by atoms with Crippen molar-refractivity contribution in [1.82, 2.24) is 5.32 Å². The molecular weight excluding hydrogens is 338 g/mol. The van der Waals surface area contributed by atoms with E-state index in [1.165, 1.54) is 0 Å². The third-order valence-corrected chi connectivity index (χ3v) is 4.91. The van der Waals surface area contributed by atoms with Crippen molar-refractivity contribution in [3.8, 4) is 0 Å². The van der Waals surface area contributed by atoms with Crippen LogP contribution in [-0.2, 0) is 23.8 Å². The minimum atomic E-state index is -0.666. The Kier molecular flexibility index (Phi) is 10.6. The molecule has 0 saturated carbocycles. The molecule has 7 heteroatoms. The molecule has 1 unspecified atom stereocenters. The number of hydrogen-bond donors (Lipinski definition) is 1. The van der Waals surface area contributed by atoms with Crippen LogP contribution in [-0.4, -0.2) is 44.4 Å². The molecule has 0 aliphatic rings. The Morgan fingerprint density at radius 1 is 1.00 bits per heavy atom. The molecule has 0 aromatic rings. The first-order chi connectivity index (χ1) is 12.1. The number of carbonyl (C=O) groups excluding carboxylic acids is 3. The van der Waals surface area contributed by atoms with Gasteiger partial charge in [-0.25, -0.2) is 9.59 Å². The van der Waals surface area contributed by atoms with E-state index in [0.717, 1.165) is 25.3 Å². The van der Waals surface area contributed by atoms with E-state index in [1.807, 2.05) is 13.8 Å². The minimum Gasteiger partial charge on any atom is -0.462 e. The molecule has 7 nitrogen and oxygen atoms in total. The van der Waals surface area contributed by atoms with Gasteiger partial charge in [-0.15, -0.1) is 0 Å². The molecule has 1 amide bonds. The molecular formula is C19H33NO6. The zero-order valence-electron chi connectivity index (χ0n) is 16.7. The molecule has 0 bridgehead atoms. The fourth-order valence-corrected chi connectivity index (χ4v) is 2.45. The Balaban J connectivity index is 4.21. The molecule has 150 valence electrons. The summed E-state index contributed by atoms with van der Waals surface area (Å²) in [5.41, 5.74) is -0.783. The summed E-state index contributed by atoms with van der Waals surface area (Å²) in [6, 6.07) is 0. The molecule has 0 radical (unpaired) electrons. The summed E-state index contributed by atoms with van der Waals surface area (Å²) in [6.07, 6.45) is 2.84. The summed E-state index contributed by atoms with van der Waals surface area (Å²) >= 11 is 0. The van der Waals surface area contributed by atoms with Gasteiger partial charge in [-0.05, 0) is 25.2 Å². The van der Waals surface area contributed by atoms with Gasteiger partial charge >= 0.3 is 18.0 Å². The van der Waals surface area contributed by atoms with Gasteiger partial charge in [0.2, 0.25) is 0 Å². The van der Waals surface area contributed by atoms with E-state index in [-0.39, 0.29) is 37.7 Å². The molecule has 0 fully saturated rings. The standard InChI is InChI=1S/C19H33NO6/c1-7-10-19(6,18(4,5)9-3)16(22)25-13-14-26-17(23)20-11-12-24-15(21)8-2/h8H,2,7,9-14H2,1,3-6H3,(H,20,23). The summed E-state index contributed by atoms with van der Waals surface area (Å²) in [4.78, 5) is 34.9. The summed E-state index contributed by atoms with van der Waals surface area (Å²) in [6.45, 7) is 13.5. The van der Waals surface area contributed by atoms with Crippen molar-refractivity contribution in [1.29, 1.82) is 0 Å². The van der Waals surface area contributed by atoms with E-state index in [9.17, 15) is 14.4 Å². The van der Waals surface area contributed by atoms with Crippen LogP contribution in [0.4, 0.5) is 4.79 Å². The van der Waals surface area contributed by atoms with Crippen molar-refractivity contribution in [2.45, 2.75) is 53.9 Å². The lowest BCUT2D eigenvalue weighted by Crippen LogP contribution is -2.43. The number of hydrogen-bond acceptors (Lipinski definition) is 6. The Hall–Kier alpha value is -2.05. The highest BCUT2D eigenvalue weighted by Gasteiger charge is 2.46. The highest BCUT2D eigenvalue weighted by atomic mass is 16.6. The Labute approximate surface area is 156 Å². The maximum atomic E-state index is 12.6. The first kappa shape index (κ1) is 23.9. The van der Waals surface area contributed by atoms with Crippen molar-refractivity contribution < 1.29 is 28.6 Å². The summed E-state index contributed by atoms with van der Waals surface area (Å²) in [5, 5.41) is 2.42. The fraction of sp³-hybridized carbons (Fsp3) is 0.737. The molecule has 26 heavy (non-hydrogen) atoms. The number of amides is 1. The van der Waals surface area contributed by atoms with Crippen LogP contribution in [0.25, 0.3) is 0 Å². The van der Waals surface area contributed by atoms with Crippen LogP contribution in [0.1, 0.15) is 53.9 Å². The maximum absolute atomic E-state index is 12.6. The maximum Gasteiger partial charge on any atom is 0.407 e. The zero-order valence-corrected chi connectivity index (χ0v) is 16.7. The van der Waals surface area contributed by atoms with Crippen LogP contribution in [0, 0.1) is 10.8 Å². The topological polar surface area (TPSA) is 90.9 Å². The van der Waals surface area contributed by atoms with Crippen molar-refractivity contribution in [3.63, 3.8) is 0 Å². The average molecular weight is 371 g/mol. The second kappa shape index (κ2) is 11.5. The predicted molar refractivity (Wildman–Crippen MR) is 98.6 cm³/mol. The van der Waals surface area contributed by atoms with Gasteiger partial charge in [0.25, 0.3) is 0 Å². The smallest absolute Gasteiger partial charge is 0.407 e. The Morgan fingerprint density at radius 3 is 2.15 bits per heavy atom. The van der Waals surface area contributed by atoms with Gasteiger partial charge in [0.05, 0.1) is 12.0 Å². The molecule has 1 N–H and O–H groups in total. The van der Waals surface area contributed by atoms with Gasteiger partial charge in [-0.3, -0.25) is 4.79 Å². The molecule has 0 aliphatic heterocycles. The highest BCUT2D eigenvalue weighted by molar-refractivity contribution is 5.81. The third-order valence-electron chi connectivity index (χ3n) is 4.91. The van der Waals surface area contributed by atoms with Crippen molar-refractivity contribution in [3.05, 3.63) is 12.7 Å². The number of carbonyl (C=O) groups is 3. The quantitative estimate of drug-likeness (QED) is 0.245. The van der Waals surface area contributed by atoms with E-state index in [1.54, 1.807) is 0 Å². The number of rotatable bonds is 12. The Morgan fingerprint density at radius 2 is 1.62 bits per heavy atom. The first-order valence-electron chi connectivity index (χ1n) is 9.01. The van der Waals surface area contributed by atoms with Crippen LogP contribution in [0.15, 0.2) is 12.7 Å². The van der Waals surface area contributed by atoms with E-state index >= 15 is 0 Å². The second-order valence-corrected chi connectivity index (χ2v) is 6.89. The lowest BCUT2D eigenvalue weighted by molar-refractivity contribution is -0.164. The fourth-order valence-electron chi connectivity index (χ4n) is 2.45. The van der Waals surface area contributed by atoms with E-state index in [0.29, 0.717) is 0 Å². The molecule has 0 heterocycles. The highest BCUT2D eigenvalue weighted by Crippen LogP contribution is 2.45. The number of nitrogens with one attached hydrogen (secondary N) is 1. The molecule has 0 spiro atoms. The number of esters is 2. The van der Waals surface area contributed by atoms with Crippen LogP contribution in [0.3, 0.4) is 0 Å². The van der Waals surface area contributed by atoms with Crippen molar-refractivity contribution in [2.24, 2.45) is 10.8 Å². The molecule has 0 rings (SSSR count). The number of ether oxygens (including phenoxy) is 3. The first-order valence-corrected chi connectivity index (χ1v) is 9.01. The van der Waals surface area contributed by atoms with Gasteiger partial charge in [-0.2, -0.15) is 0 Å². The molecule has 0 aromatic carbocycles. The molecule has 0 saturated heterocycles. The van der Waals surface area contributed by atoms with Crippen LogP contribution in [0.2, 0.25) is 0 Å². The van der Waals surface area contributed by atoms with Gasteiger partial charge < -0.3 is 19.5 Å². The van der Waals surface area contributed by atoms with Crippen LogP contribution >= 0.6 is 0 Å². The summed E-state index contributed by atoms with van der Waals surface area (Å²) in [7, 11) is 0. The molecule has 0 aromatic heterocycles. The molecule has 1 atom stereocenters. The third kappa shape index (κ3) is 7.45. The Bertz CT molecular complexity index is 488. The average Bonchev–Trinajstić information content (AvgIpc) is 2.61. The van der Waals surface area contributed by atoms with E-state index in [4.69, 9.17) is 14.2 Å². The predicted octanol–water partition coefficient (Wildman–Crippen LogP) is 3.23. The van der Waals surface area contributed by atoms with Gasteiger partial charge in [-0.1, -0.05) is 40.7 Å². The van der Waals surface area contributed by atoms with Gasteiger partial charge in [0, 0.05) is 6.08 Å². The zero-order chi connectivity index (χ0) is 20.2. The van der Waals surface area contributed by atoms with Crippen molar-refractivity contribution in [2.75, 3.05) is 26.4 Å². The van der Waals surface area contributed by atoms with Gasteiger partial charge in [0.1, 0.15) is 19.8 Å². The number of alkyl carbamates (subject to hydrolysis) is 1. The lowest BCUT2D eigenvalue weighted by Gasteiger charge is -2.41. The van der Waals surface area contributed by atoms with E-state index < -0.39 is 17.5 Å². The van der Waals surface area contributed by atoms with Crippen molar-refractivity contribution >= 4 is 18.0 Å². The minimum absolute atomic E-state index is 0.00317. The lowest BCUT2D eigenvalue weighted by atomic mass is 9.63. The SMILES string of the molecule is C=CC(=O)OCCNC(=O)OCCOC(=O)C(C)(CCC)C(C)(C)CC. The monoisotopic (exact) mass is 371 g/mol. The summed E-state index contributed by atoms with van der Waals surface area (Å²) in [5.74, 6) is -0.830. The normalized spacial score (nSPS) is 13.3. The van der Waals surface area contributed by atoms with E-state index in [2.05, 4.69) is 32.7 Å².